The number of rotatable bonds is 7. The van der Waals surface area contributed by atoms with Gasteiger partial charge in [-0.1, -0.05) is 35.3 Å². The largest absolute Gasteiger partial charge is 0.497 e. The topological polar surface area (TPSA) is 42.4 Å². The van der Waals surface area contributed by atoms with Crippen LogP contribution >= 0.6 is 34.5 Å². The minimum absolute atomic E-state index is 0.0438. The van der Waals surface area contributed by atoms with Crippen molar-refractivity contribution in [3.05, 3.63) is 68.6 Å². The normalized spacial score (nSPS) is 11.1. The summed E-state index contributed by atoms with van der Waals surface area (Å²) in [4.78, 5) is 20.0. The first-order chi connectivity index (χ1) is 13.4. The predicted octanol–water partition coefficient (Wildman–Crippen LogP) is 5.75. The zero-order chi connectivity index (χ0) is 20.3. The molecule has 2 aromatic carbocycles. The van der Waals surface area contributed by atoms with E-state index in [1.54, 1.807) is 19.2 Å². The lowest BCUT2D eigenvalue weighted by Crippen LogP contribution is -2.25. The van der Waals surface area contributed by atoms with Crippen LogP contribution in [0.5, 0.6) is 5.75 Å². The third-order valence-electron chi connectivity index (χ3n) is 4.24. The van der Waals surface area contributed by atoms with Gasteiger partial charge in [0, 0.05) is 17.1 Å². The van der Waals surface area contributed by atoms with E-state index in [9.17, 15) is 4.79 Å². The third-order valence-corrected chi connectivity index (χ3v) is 6.02. The maximum absolute atomic E-state index is 12.8. The highest BCUT2D eigenvalue weighted by molar-refractivity contribution is 7.17. The number of nitrogens with zero attached hydrogens (tertiary/aromatic N) is 2. The van der Waals surface area contributed by atoms with Crippen LogP contribution < -0.4 is 4.74 Å². The van der Waals surface area contributed by atoms with Crippen LogP contribution in [0.4, 0.5) is 0 Å². The minimum atomic E-state index is 0.0438. The average molecular weight is 435 g/mol. The number of carbonyl (C=O) groups is 1. The van der Waals surface area contributed by atoms with Gasteiger partial charge in [0.25, 0.3) is 0 Å². The Hall–Kier alpha value is -1.92. The van der Waals surface area contributed by atoms with Gasteiger partial charge in [0.15, 0.2) is 5.78 Å². The number of halogens is 2. The van der Waals surface area contributed by atoms with Crippen molar-refractivity contribution in [2.45, 2.75) is 13.5 Å². The lowest BCUT2D eigenvalue weighted by molar-refractivity contribution is 0.0946. The summed E-state index contributed by atoms with van der Waals surface area (Å²) in [6, 6.07) is 13.1. The smallest absolute Gasteiger partial charge is 0.188 e. The predicted molar refractivity (Wildman–Crippen MR) is 116 cm³/mol. The lowest BCUT2D eigenvalue weighted by Gasteiger charge is -2.15. The third kappa shape index (κ3) is 4.92. The molecule has 4 nitrogen and oxygen atoms in total. The van der Waals surface area contributed by atoms with Crippen LogP contribution in [0.25, 0.3) is 10.6 Å². The second kappa shape index (κ2) is 9.05. The summed E-state index contributed by atoms with van der Waals surface area (Å²) in [7, 11) is 3.57. The van der Waals surface area contributed by atoms with Crippen LogP contribution in [0, 0.1) is 6.92 Å². The van der Waals surface area contributed by atoms with Gasteiger partial charge in [-0.05, 0) is 49.9 Å². The highest BCUT2D eigenvalue weighted by atomic mass is 35.5. The summed E-state index contributed by atoms with van der Waals surface area (Å²) in [5.74, 6) is 0.860. The molecule has 0 atom stereocenters. The van der Waals surface area contributed by atoms with Crippen molar-refractivity contribution in [1.29, 1.82) is 0 Å². The number of likely N-dealkylation sites (N-methyl/N-ethyl adjacent to an activating group) is 1. The number of ketones is 1. The van der Waals surface area contributed by atoms with E-state index < -0.39 is 0 Å². The van der Waals surface area contributed by atoms with Gasteiger partial charge in [0.2, 0.25) is 0 Å². The Balaban J connectivity index is 1.70. The fourth-order valence-corrected chi connectivity index (χ4v) is 4.44. The van der Waals surface area contributed by atoms with Crippen molar-refractivity contribution in [2.75, 3.05) is 20.7 Å². The van der Waals surface area contributed by atoms with Crippen LogP contribution in [-0.4, -0.2) is 36.4 Å². The first-order valence-electron chi connectivity index (χ1n) is 8.65. The zero-order valence-corrected chi connectivity index (χ0v) is 18.2. The summed E-state index contributed by atoms with van der Waals surface area (Å²) in [5, 5.41) is 1.82. The number of aryl methyl sites for hydroxylation is 1. The molecule has 0 amide bonds. The van der Waals surface area contributed by atoms with Crippen LogP contribution in [0.3, 0.4) is 0 Å². The molecule has 7 heteroatoms. The van der Waals surface area contributed by atoms with Gasteiger partial charge in [-0.2, -0.15) is 0 Å². The second-order valence-electron chi connectivity index (χ2n) is 6.50. The summed E-state index contributed by atoms with van der Waals surface area (Å²) >= 11 is 13.6. The first kappa shape index (κ1) is 20.8. The molecule has 0 N–H and O–H groups in total. The Labute approximate surface area is 178 Å². The molecule has 3 aromatic rings. The lowest BCUT2D eigenvalue weighted by atomic mass is 10.2. The molecular weight excluding hydrogens is 415 g/mol. The van der Waals surface area contributed by atoms with Crippen LogP contribution in [0.1, 0.15) is 20.9 Å². The molecule has 1 aromatic heterocycles. The van der Waals surface area contributed by atoms with E-state index >= 15 is 0 Å². The van der Waals surface area contributed by atoms with Gasteiger partial charge in [-0.3, -0.25) is 9.69 Å². The van der Waals surface area contributed by atoms with E-state index in [2.05, 4.69) is 4.98 Å². The number of hydrogen-bond donors (Lipinski definition) is 0. The minimum Gasteiger partial charge on any atom is -0.497 e. The van der Waals surface area contributed by atoms with Gasteiger partial charge in [-0.15, -0.1) is 11.3 Å². The Morgan fingerprint density at radius 1 is 1.18 bits per heavy atom. The first-order valence-corrected chi connectivity index (χ1v) is 10.2. The highest BCUT2D eigenvalue weighted by Crippen LogP contribution is 2.34. The number of methoxy groups -OCH3 is 1. The quantitative estimate of drug-likeness (QED) is 0.444. The van der Waals surface area contributed by atoms with Crippen molar-refractivity contribution in [2.24, 2.45) is 0 Å². The number of hydrogen-bond acceptors (Lipinski definition) is 5. The molecule has 0 aliphatic rings. The zero-order valence-electron chi connectivity index (χ0n) is 15.8. The molecule has 0 spiro atoms. The molecule has 3 rings (SSSR count). The maximum atomic E-state index is 12.8. The van der Waals surface area contributed by atoms with E-state index in [4.69, 9.17) is 27.9 Å². The Morgan fingerprint density at radius 3 is 2.54 bits per heavy atom. The number of aromatic nitrogens is 1. The van der Waals surface area contributed by atoms with E-state index in [0.29, 0.717) is 33.7 Å². The van der Waals surface area contributed by atoms with Crippen LogP contribution in [-0.2, 0) is 6.54 Å². The van der Waals surface area contributed by atoms with Crippen molar-refractivity contribution in [1.82, 2.24) is 9.88 Å². The number of thiazole rings is 1. The molecule has 0 bridgehead atoms. The van der Waals surface area contributed by atoms with Crippen molar-refractivity contribution in [3.8, 4) is 16.3 Å². The summed E-state index contributed by atoms with van der Waals surface area (Å²) in [6.45, 7) is 2.83. The van der Waals surface area contributed by atoms with Crippen LogP contribution in [0.15, 0.2) is 42.5 Å². The monoisotopic (exact) mass is 434 g/mol. The molecule has 0 aliphatic carbocycles. The highest BCUT2D eigenvalue weighted by Gasteiger charge is 2.19. The standard InChI is InChI=1S/C21H20Cl2N2O2S/c1-13-20(28-21(24-13)17-9-6-15(22)10-18(17)23)19(26)12-25(2)11-14-4-7-16(27-3)8-5-14/h4-10H,11-12H2,1-3H3. The Bertz CT molecular complexity index is 987. The fourth-order valence-electron chi connectivity index (χ4n) is 2.85. The molecule has 146 valence electrons. The average Bonchev–Trinajstić information content (AvgIpc) is 3.03. The van der Waals surface area contributed by atoms with Gasteiger partial charge in [0.05, 0.1) is 29.2 Å². The molecule has 0 unspecified atom stereocenters. The molecule has 0 saturated heterocycles. The van der Waals surface area contributed by atoms with E-state index in [1.807, 2.05) is 49.2 Å². The molecule has 0 aliphatic heterocycles. The van der Waals surface area contributed by atoms with Crippen molar-refractivity contribution < 1.29 is 9.53 Å². The Kier molecular flexibility index (Phi) is 6.73. The van der Waals surface area contributed by atoms with Gasteiger partial charge >= 0.3 is 0 Å². The maximum Gasteiger partial charge on any atom is 0.188 e. The molecular formula is C21H20Cl2N2O2S. The van der Waals surface area contributed by atoms with Gasteiger partial charge in [-0.25, -0.2) is 4.98 Å². The number of ether oxygens (including phenoxy) is 1. The summed E-state index contributed by atoms with van der Waals surface area (Å²) in [6.07, 6.45) is 0. The fraction of sp³-hybridized carbons (Fsp3) is 0.238. The number of carbonyl (C=O) groups excluding carboxylic acids is 1. The van der Waals surface area contributed by atoms with E-state index in [1.165, 1.54) is 11.3 Å². The van der Waals surface area contributed by atoms with Gasteiger partial charge < -0.3 is 4.74 Å². The molecule has 0 fully saturated rings. The number of Topliss-reactive ketones (excluding diaryl/α,β-unsaturated/α-hetero) is 1. The molecule has 0 saturated carbocycles. The van der Waals surface area contributed by atoms with Gasteiger partial charge in [0.1, 0.15) is 10.8 Å². The summed E-state index contributed by atoms with van der Waals surface area (Å²) in [5.41, 5.74) is 2.62. The molecule has 1 heterocycles. The van der Waals surface area contributed by atoms with Crippen molar-refractivity contribution in [3.63, 3.8) is 0 Å². The number of benzene rings is 2. The second-order valence-corrected chi connectivity index (χ2v) is 8.34. The van der Waals surface area contributed by atoms with E-state index in [0.717, 1.165) is 21.9 Å². The molecule has 28 heavy (non-hydrogen) atoms. The Morgan fingerprint density at radius 2 is 1.89 bits per heavy atom. The summed E-state index contributed by atoms with van der Waals surface area (Å²) < 4.78 is 5.17. The van der Waals surface area contributed by atoms with E-state index in [-0.39, 0.29) is 5.78 Å². The van der Waals surface area contributed by atoms with Crippen molar-refractivity contribution >= 4 is 40.3 Å². The molecule has 0 radical (unpaired) electrons. The SMILES string of the molecule is COc1ccc(CN(C)CC(=O)c2sc(-c3ccc(Cl)cc3Cl)nc2C)cc1. The van der Waals surface area contributed by atoms with Crippen LogP contribution in [0.2, 0.25) is 10.0 Å².